The van der Waals surface area contributed by atoms with Crippen molar-refractivity contribution >= 4 is 47.8 Å². The van der Waals surface area contributed by atoms with Crippen LogP contribution < -0.4 is 10.6 Å². The van der Waals surface area contributed by atoms with E-state index in [-0.39, 0.29) is 0 Å². The first-order valence-electron chi connectivity index (χ1n) is 8.85. The van der Waals surface area contributed by atoms with E-state index in [2.05, 4.69) is 4.74 Å². The summed E-state index contributed by atoms with van der Waals surface area (Å²) in [6.07, 6.45) is 0. The lowest BCUT2D eigenvalue weighted by atomic mass is 9.86. The lowest BCUT2D eigenvalue weighted by Gasteiger charge is -2.19. The van der Waals surface area contributed by atoms with Crippen LogP contribution in [0.15, 0.2) is 0 Å². The number of carboxylic acid groups (broad SMARTS) is 6. The SMILES string of the molecule is O=C(O)C1NC(C(=O)OC(=O)C2NC(C(=O)O)C(C(=O)O)C2C(=O)O)C(C(=O)O)C1C(=O)O. The van der Waals surface area contributed by atoms with Crippen molar-refractivity contribution in [3.8, 4) is 0 Å². The number of carboxylic acids is 6. The van der Waals surface area contributed by atoms with Crippen molar-refractivity contribution in [1.29, 1.82) is 0 Å². The van der Waals surface area contributed by atoms with Crippen LogP contribution >= 0.6 is 0 Å². The molecule has 180 valence electrons. The van der Waals surface area contributed by atoms with E-state index in [1.165, 1.54) is 0 Å². The van der Waals surface area contributed by atoms with Crippen LogP contribution in [0, 0.1) is 23.7 Å². The minimum atomic E-state index is -2.21. The third-order valence-corrected chi connectivity index (χ3v) is 5.31. The topological polar surface area (TPSA) is 291 Å². The van der Waals surface area contributed by atoms with Gasteiger partial charge in [0.2, 0.25) is 0 Å². The normalized spacial score (nSPS) is 33.1. The predicted octanol–water partition coefficient (Wildman–Crippen LogP) is -4.29. The Labute approximate surface area is 180 Å². The molecule has 0 radical (unpaired) electrons. The Bertz CT molecular complexity index is 870. The number of nitrogens with one attached hydrogen (secondary N) is 2. The van der Waals surface area contributed by atoms with Crippen LogP contribution in [-0.2, 0) is 43.1 Å². The van der Waals surface area contributed by atoms with Gasteiger partial charge in [-0.05, 0) is 0 Å². The van der Waals surface area contributed by atoms with Gasteiger partial charge in [-0.15, -0.1) is 0 Å². The maximum absolute atomic E-state index is 12.4. The van der Waals surface area contributed by atoms with Crippen molar-refractivity contribution in [3.63, 3.8) is 0 Å². The minimum Gasteiger partial charge on any atom is -0.481 e. The molecule has 0 amide bonds. The fraction of sp³-hybridized carbons (Fsp3) is 0.500. The number of rotatable bonds is 8. The fourth-order valence-electron chi connectivity index (χ4n) is 3.92. The highest BCUT2D eigenvalue weighted by molar-refractivity contribution is 6.00. The van der Waals surface area contributed by atoms with Crippen molar-refractivity contribution in [2.45, 2.75) is 24.2 Å². The van der Waals surface area contributed by atoms with E-state index in [4.69, 9.17) is 10.2 Å². The van der Waals surface area contributed by atoms with Crippen LogP contribution in [0.1, 0.15) is 0 Å². The molecule has 0 aromatic rings. The number of aliphatic carboxylic acids is 6. The molecule has 2 fully saturated rings. The van der Waals surface area contributed by atoms with Gasteiger partial charge in [-0.1, -0.05) is 0 Å². The zero-order valence-electron chi connectivity index (χ0n) is 16.0. The molecule has 2 saturated heterocycles. The molecule has 0 aromatic heterocycles. The summed E-state index contributed by atoms with van der Waals surface area (Å²) in [4.78, 5) is 93.1. The quantitative estimate of drug-likeness (QED) is 0.121. The van der Waals surface area contributed by atoms with Crippen molar-refractivity contribution in [2.24, 2.45) is 23.7 Å². The smallest absolute Gasteiger partial charge is 0.331 e. The van der Waals surface area contributed by atoms with Gasteiger partial charge in [-0.2, -0.15) is 0 Å². The van der Waals surface area contributed by atoms with E-state index >= 15 is 0 Å². The number of hydrogen-bond acceptors (Lipinski definition) is 11. The Kier molecular flexibility index (Phi) is 6.98. The van der Waals surface area contributed by atoms with Crippen LogP contribution in [0.3, 0.4) is 0 Å². The van der Waals surface area contributed by atoms with Crippen molar-refractivity contribution in [1.82, 2.24) is 10.6 Å². The summed E-state index contributed by atoms with van der Waals surface area (Å²) in [6.45, 7) is 0. The Hall–Kier alpha value is -4.12. The molecule has 17 nitrogen and oxygen atoms in total. The Morgan fingerprint density at radius 2 is 0.667 bits per heavy atom. The summed E-state index contributed by atoms with van der Waals surface area (Å²) < 4.78 is 4.39. The van der Waals surface area contributed by atoms with Crippen LogP contribution in [0.5, 0.6) is 0 Å². The van der Waals surface area contributed by atoms with E-state index < -0.39 is 95.6 Å². The van der Waals surface area contributed by atoms with E-state index in [1.54, 1.807) is 0 Å². The predicted molar refractivity (Wildman–Crippen MR) is 92.3 cm³/mol. The summed E-state index contributed by atoms with van der Waals surface area (Å²) in [5, 5.41) is 59.1. The Morgan fingerprint density at radius 3 is 0.879 bits per heavy atom. The molecule has 8 atom stereocenters. The van der Waals surface area contributed by atoms with Crippen molar-refractivity contribution in [3.05, 3.63) is 0 Å². The molecule has 17 heteroatoms. The zero-order valence-corrected chi connectivity index (χ0v) is 16.0. The van der Waals surface area contributed by atoms with E-state index in [9.17, 15) is 58.8 Å². The molecule has 0 aromatic carbocycles. The third-order valence-electron chi connectivity index (χ3n) is 5.31. The molecule has 0 aliphatic carbocycles. The van der Waals surface area contributed by atoms with Gasteiger partial charge in [-0.3, -0.25) is 39.4 Å². The lowest BCUT2D eigenvalue weighted by Crippen LogP contribution is -2.48. The summed E-state index contributed by atoms with van der Waals surface area (Å²) in [6, 6.07) is -8.49. The molecule has 8 unspecified atom stereocenters. The van der Waals surface area contributed by atoms with Crippen LogP contribution in [0.4, 0.5) is 0 Å². The minimum absolute atomic E-state index is 1.79. The summed E-state index contributed by atoms with van der Waals surface area (Å²) >= 11 is 0. The molecule has 2 heterocycles. The second kappa shape index (κ2) is 9.17. The van der Waals surface area contributed by atoms with Gasteiger partial charge in [0.25, 0.3) is 0 Å². The van der Waals surface area contributed by atoms with Gasteiger partial charge in [0.1, 0.15) is 24.2 Å². The molecule has 2 rings (SSSR count). The Morgan fingerprint density at radius 1 is 0.424 bits per heavy atom. The molecule has 8 N–H and O–H groups in total. The number of hydrogen-bond donors (Lipinski definition) is 8. The number of esters is 2. The lowest BCUT2D eigenvalue weighted by molar-refractivity contribution is -0.168. The second-order valence-electron chi connectivity index (χ2n) is 7.12. The van der Waals surface area contributed by atoms with E-state index in [0.717, 1.165) is 0 Å². The molecule has 0 spiro atoms. The summed E-state index contributed by atoms with van der Waals surface area (Å²) in [5.41, 5.74) is 0. The van der Waals surface area contributed by atoms with Gasteiger partial charge in [0.05, 0.1) is 23.7 Å². The van der Waals surface area contributed by atoms with Gasteiger partial charge >= 0.3 is 47.8 Å². The largest absolute Gasteiger partial charge is 0.481 e. The fourth-order valence-corrected chi connectivity index (χ4v) is 3.92. The van der Waals surface area contributed by atoms with E-state index in [1.807, 2.05) is 10.6 Å². The average Bonchev–Trinajstić information content (AvgIpc) is 3.28. The third kappa shape index (κ3) is 4.58. The molecule has 2 aliphatic rings. The number of carbonyl (C=O) groups is 8. The number of ether oxygens (including phenoxy) is 1. The molecule has 2 aliphatic heterocycles. The van der Waals surface area contributed by atoms with Gasteiger partial charge in [-0.25, -0.2) is 9.59 Å². The van der Waals surface area contributed by atoms with Crippen LogP contribution in [-0.4, -0.2) is 103 Å². The summed E-state index contributed by atoms with van der Waals surface area (Å²) in [7, 11) is 0. The van der Waals surface area contributed by atoms with Crippen LogP contribution in [0.25, 0.3) is 0 Å². The average molecular weight is 476 g/mol. The maximum Gasteiger partial charge on any atom is 0.331 e. The maximum atomic E-state index is 12.4. The molecule has 0 bridgehead atoms. The van der Waals surface area contributed by atoms with E-state index in [0.29, 0.717) is 0 Å². The highest BCUT2D eigenvalue weighted by Crippen LogP contribution is 2.32. The van der Waals surface area contributed by atoms with Gasteiger partial charge in [0, 0.05) is 0 Å². The highest BCUT2D eigenvalue weighted by atomic mass is 16.6. The first-order chi connectivity index (χ1) is 15.2. The van der Waals surface area contributed by atoms with Crippen LogP contribution in [0.2, 0.25) is 0 Å². The second-order valence-corrected chi connectivity index (χ2v) is 7.12. The first-order valence-corrected chi connectivity index (χ1v) is 8.85. The molecule has 33 heavy (non-hydrogen) atoms. The molecular weight excluding hydrogens is 460 g/mol. The first kappa shape index (κ1) is 25.1. The highest BCUT2D eigenvalue weighted by Gasteiger charge is 2.59. The standard InChI is InChI=1S/C16H16N2O15/c19-9(20)1-3(11(23)24)7(17-5(1)13(27)28)15(31)33-16(32)8-4(12(25)26)2(10(21)22)6(18-8)14(29)30/h1-8,17-18H,(H,19,20)(H,21,22)(H,23,24)(H,25,26)(H,27,28)(H,29,30). The summed E-state index contributed by atoms with van der Waals surface area (Å²) in [5.74, 6) is -23.6. The monoisotopic (exact) mass is 476 g/mol. The Balaban J connectivity index is 2.32. The van der Waals surface area contributed by atoms with Gasteiger partial charge < -0.3 is 35.4 Å². The van der Waals surface area contributed by atoms with Crippen molar-refractivity contribution < 1.29 is 73.7 Å². The number of carbonyl (C=O) groups excluding carboxylic acids is 2. The zero-order chi connectivity index (χ0) is 25.4. The van der Waals surface area contributed by atoms with Gasteiger partial charge in [0.15, 0.2) is 0 Å². The van der Waals surface area contributed by atoms with Crippen molar-refractivity contribution in [2.75, 3.05) is 0 Å². The molecular formula is C16H16N2O15. The molecule has 0 saturated carbocycles.